The van der Waals surface area contributed by atoms with Crippen LogP contribution < -0.4 is 15.8 Å². The molecule has 1 amide bonds. The molecule has 0 radical (unpaired) electrons. The predicted octanol–water partition coefficient (Wildman–Crippen LogP) is 1.56. The van der Waals surface area contributed by atoms with Gasteiger partial charge in [0.15, 0.2) is 0 Å². The minimum absolute atomic E-state index is 0.0852. The Morgan fingerprint density at radius 2 is 2.17 bits per heavy atom. The summed E-state index contributed by atoms with van der Waals surface area (Å²) in [5.74, 6) is 0.753. The van der Waals surface area contributed by atoms with E-state index in [1.807, 2.05) is 25.1 Å². The van der Waals surface area contributed by atoms with Crippen LogP contribution in [0.4, 0.5) is 11.4 Å². The summed E-state index contributed by atoms with van der Waals surface area (Å²) < 4.78 is 5.40. The number of nitrogen functional groups attached to an aromatic ring is 1. The Kier molecular flexibility index (Phi) is 5.30. The van der Waals surface area contributed by atoms with Crippen molar-refractivity contribution in [2.24, 2.45) is 0 Å². The summed E-state index contributed by atoms with van der Waals surface area (Å²) in [7, 11) is 3.48. The number of nitrogens with zero attached hydrogens (tertiary/aromatic N) is 1. The molecular formula is C13H21N3O2. The number of nitrogens with two attached hydrogens (primary N) is 1. The number of amides is 1. The third-order valence-corrected chi connectivity index (χ3v) is 2.52. The molecule has 0 unspecified atom stereocenters. The standard InChI is InChI=1S/C13H21N3O2/c1-4-18-11-7-5-6-10(13(11)14)15-9-8-12(17)16(2)3/h5-7,15H,4,8-9,14H2,1-3H3. The van der Waals surface area contributed by atoms with E-state index in [1.165, 1.54) is 0 Å². The highest BCUT2D eigenvalue weighted by atomic mass is 16.5. The number of rotatable bonds is 6. The molecule has 0 fully saturated rings. The van der Waals surface area contributed by atoms with Crippen molar-refractivity contribution >= 4 is 17.3 Å². The first-order valence-electron chi connectivity index (χ1n) is 6.01. The van der Waals surface area contributed by atoms with E-state index in [1.54, 1.807) is 19.0 Å². The fourth-order valence-electron chi connectivity index (χ4n) is 1.51. The molecule has 0 aliphatic heterocycles. The molecule has 3 N–H and O–H groups in total. The Hall–Kier alpha value is -1.91. The smallest absolute Gasteiger partial charge is 0.223 e. The van der Waals surface area contributed by atoms with Crippen molar-refractivity contribution in [3.05, 3.63) is 18.2 Å². The van der Waals surface area contributed by atoms with E-state index in [0.717, 1.165) is 5.69 Å². The van der Waals surface area contributed by atoms with E-state index < -0.39 is 0 Å². The van der Waals surface area contributed by atoms with Crippen molar-refractivity contribution in [1.82, 2.24) is 4.90 Å². The summed E-state index contributed by atoms with van der Waals surface area (Å²) >= 11 is 0. The molecule has 1 aromatic carbocycles. The van der Waals surface area contributed by atoms with Gasteiger partial charge in [-0.3, -0.25) is 4.79 Å². The van der Waals surface area contributed by atoms with E-state index in [-0.39, 0.29) is 5.91 Å². The molecule has 0 aromatic heterocycles. The van der Waals surface area contributed by atoms with Gasteiger partial charge in [0, 0.05) is 27.1 Å². The summed E-state index contributed by atoms with van der Waals surface area (Å²) in [4.78, 5) is 13.0. The van der Waals surface area contributed by atoms with Crippen molar-refractivity contribution < 1.29 is 9.53 Å². The molecular weight excluding hydrogens is 230 g/mol. The van der Waals surface area contributed by atoms with Gasteiger partial charge in [-0.1, -0.05) is 6.07 Å². The number of nitrogens with one attached hydrogen (secondary N) is 1. The third kappa shape index (κ3) is 3.84. The molecule has 0 aliphatic carbocycles. The van der Waals surface area contributed by atoms with Crippen LogP contribution in [0.3, 0.4) is 0 Å². The number of anilines is 2. The first-order valence-corrected chi connectivity index (χ1v) is 6.01. The number of para-hydroxylation sites is 1. The molecule has 0 saturated carbocycles. The van der Waals surface area contributed by atoms with E-state index in [9.17, 15) is 4.79 Å². The number of hydrogen-bond acceptors (Lipinski definition) is 4. The summed E-state index contributed by atoms with van der Waals surface area (Å²) in [5, 5.41) is 3.15. The molecule has 18 heavy (non-hydrogen) atoms. The maximum Gasteiger partial charge on any atom is 0.223 e. The van der Waals surface area contributed by atoms with Crippen LogP contribution in [0.15, 0.2) is 18.2 Å². The van der Waals surface area contributed by atoms with Gasteiger partial charge >= 0.3 is 0 Å². The van der Waals surface area contributed by atoms with Gasteiger partial charge in [-0.25, -0.2) is 0 Å². The minimum Gasteiger partial charge on any atom is -0.492 e. The quantitative estimate of drug-likeness (QED) is 0.753. The van der Waals surface area contributed by atoms with Crippen molar-refractivity contribution in [1.29, 1.82) is 0 Å². The SMILES string of the molecule is CCOc1cccc(NCCC(=O)N(C)C)c1N. The third-order valence-electron chi connectivity index (χ3n) is 2.52. The summed E-state index contributed by atoms with van der Waals surface area (Å²) in [5.41, 5.74) is 7.34. The van der Waals surface area contributed by atoms with E-state index in [0.29, 0.717) is 31.0 Å². The second-order valence-corrected chi connectivity index (χ2v) is 4.12. The molecule has 0 spiro atoms. The van der Waals surface area contributed by atoms with E-state index >= 15 is 0 Å². The van der Waals surface area contributed by atoms with Crippen LogP contribution in [0.5, 0.6) is 5.75 Å². The van der Waals surface area contributed by atoms with Gasteiger partial charge in [0.05, 0.1) is 18.0 Å². The highest BCUT2D eigenvalue weighted by Gasteiger charge is 2.07. The van der Waals surface area contributed by atoms with Crippen LogP contribution in [0.1, 0.15) is 13.3 Å². The van der Waals surface area contributed by atoms with Gasteiger partial charge < -0.3 is 20.7 Å². The second-order valence-electron chi connectivity index (χ2n) is 4.12. The monoisotopic (exact) mass is 251 g/mol. The highest BCUT2D eigenvalue weighted by molar-refractivity contribution is 5.77. The zero-order valence-corrected chi connectivity index (χ0v) is 11.2. The van der Waals surface area contributed by atoms with Crippen molar-refractivity contribution in [2.75, 3.05) is 38.3 Å². The fraction of sp³-hybridized carbons (Fsp3) is 0.462. The lowest BCUT2D eigenvalue weighted by molar-refractivity contribution is -0.128. The van der Waals surface area contributed by atoms with Crippen LogP contribution in [-0.4, -0.2) is 38.1 Å². The Morgan fingerprint density at radius 1 is 1.44 bits per heavy atom. The number of benzene rings is 1. The first kappa shape index (κ1) is 14.2. The topological polar surface area (TPSA) is 67.6 Å². The molecule has 1 rings (SSSR count). The van der Waals surface area contributed by atoms with Gasteiger partial charge in [0.1, 0.15) is 5.75 Å². The molecule has 0 heterocycles. The normalized spacial score (nSPS) is 9.94. The van der Waals surface area contributed by atoms with Gasteiger partial charge in [-0.2, -0.15) is 0 Å². The average Bonchev–Trinajstić information content (AvgIpc) is 2.33. The predicted molar refractivity (Wildman–Crippen MR) is 73.8 cm³/mol. The molecule has 100 valence electrons. The molecule has 0 atom stereocenters. The Bertz CT molecular complexity index is 405. The largest absolute Gasteiger partial charge is 0.492 e. The molecule has 1 aromatic rings. The fourth-order valence-corrected chi connectivity index (χ4v) is 1.51. The van der Waals surface area contributed by atoms with E-state index in [4.69, 9.17) is 10.5 Å². The Morgan fingerprint density at radius 3 is 2.78 bits per heavy atom. The number of carbonyl (C=O) groups is 1. The van der Waals surface area contributed by atoms with Crippen LogP contribution in [-0.2, 0) is 4.79 Å². The van der Waals surface area contributed by atoms with Crippen LogP contribution in [0.2, 0.25) is 0 Å². The van der Waals surface area contributed by atoms with Crippen LogP contribution in [0.25, 0.3) is 0 Å². The molecule has 0 aliphatic rings. The number of hydrogen-bond donors (Lipinski definition) is 2. The Labute approximate surface area is 108 Å². The summed E-state index contributed by atoms with van der Waals surface area (Å²) in [6, 6.07) is 5.57. The molecule has 5 heteroatoms. The van der Waals surface area contributed by atoms with Gasteiger partial charge in [-0.05, 0) is 19.1 Å². The van der Waals surface area contributed by atoms with Crippen molar-refractivity contribution in [3.8, 4) is 5.75 Å². The second kappa shape index (κ2) is 6.74. The zero-order chi connectivity index (χ0) is 13.5. The number of ether oxygens (including phenoxy) is 1. The van der Waals surface area contributed by atoms with Crippen molar-refractivity contribution in [2.45, 2.75) is 13.3 Å². The minimum atomic E-state index is 0.0852. The van der Waals surface area contributed by atoms with Crippen molar-refractivity contribution in [3.63, 3.8) is 0 Å². The summed E-state index contributed by atoms with van der Waals surface area (Å²) in [6.45, 7) is 3.04. The van der Waals surface area contributed by atoms with Gasteiger partial charge in [0.25, 0.3) is 0 Å². The number of carbonyl (C=O) groups excluding carboxylic acids is 1. The molecule has 0 bridgehead atoms. The maximum atomic E-state index is 11.4. The molecule has 0 saturated heterocycles. The average molecular weight is 251 g/mol. The molecule has 5 nitrogen and oxygen atoms in total. The van der Waals surface area contributed by atoms with Crippen LogP contribution >= 0.6 is 0 Å². The lowest BCUT2D eigenvalue weighted by Gasteiger charge is -2.14. The van der Waals surface area contributed by atoms with Gasteiger partial charge in [-0.15, -0.1) is 0 Å². The summed E-state index contributed by atoms with van der Waals surface area (Å²) in [6.07, 6.45) is 0.436. The van der Waals surface area contributed by atoms with E-state index in [2.05, 4.69) is 5.32 Å². The maximum absolute atomic E-state index is 11.4. The first-order chi connectivity index (χ1) is 8.56. The van der Waals surface area contributed by atoms with Crippen LogP contribution in [0, 0.1) is 0 Å². The van der Waals surface area contributed by atoms with Gasteiger partial charge in [0.2, 0.25) is 5.91 Å². The Balaban J connectivity index is 2.57. The lowest BCUT2D eigenvalue weighted by Crippen LogP contribution is -2.24. The lowest BCUT2D eigenvalue weighted by atomic mass is 10.2. The highest BCUT2D eigenvalue weighted by Crippen LogP contribution is 2.29. The zero-order valence-electron chi connectivity index (χ0n) is 11.2.